The zero-order valence-corrected chi connectivity index (χ0v) is 23.0. The van der Waals surface area contributed by atoms with Gasteiger partial charge in [-0.3, -0.25) is 14.5 Å². The highest BCUT2D eigenvalue weighted by molar-refractivity contribution is 8.00. The van der Waals surface area contributed by atoms with Gasteiger partial charge in [0, 0.05) is 5.75 Å². The third kappa shape index (κ3) is 5.27. The van der Waals surface area contributed by atoms with Gasteiger partial charge < -0.3 is 19.4 Å². The topological polar surface area (TPSA) is 126 Å². The smallest absolute Gasteiger partial charge is 0.296 e. The van der Waals surface area contributed by atoms with Gasteiger partial charge in [0.15, 0.2) is 27.4 Å². The van der Waals surface area contributed by atoms with Crippen molar-refractivity contribution in [2.24, 2.45) is 0 Å². The number of carbonyl (C=O) groups is 2. The van der Waals surface area contributed by atoms with E-state index in [9.17, 15) is 19.8 Å². The molecule has 1 atom stereocenters. The number of carbonyl (C=O) groups excluding carboxylic acids is 2. The predicted octanol–water partition coefficient (Wildman–Crippen LogP) is 5.93. The number of aliphatic hydroxyl groups is 1. The number of aryl methyl sites for hydroxylation is 2. The maximum atomic E-state index is 13.5. The average molecular weight is 564 g/mol. The van der Waals surface area contributed by atoms with Crippen LogP contribution in [0.1, 0.15) is 46.0 Å². The van der Waals surface area contributed by atoms with E-state index in [0.717, 1.165) is 5.56 Å². The number of phenolic OH excluding ortho intramolecular Hbond substituents is 1. The van der Waals surface area contributed by atoms with Gasteiger partial charge in [-0.25, -0.2) is 0 Å². The fraction of sp³-hybridized carbons (Fsp3) is 0.214. The van der Waals surface area contributed by atoms with Crippen LogP contribution in [0.25, 0.3) is 0 Å². The Morgan fingerprint density at radius 1 is 1.10 bits per heavy atom. The van der Waals surface area contributed by atoms with Crippen LogP contribution in [0.3, 0.4) is 0 Å². The normalized spacial score (nSPS) is 15.3. The van der Waals surface area contributed by atoms with E-state index >= 15 is 0 Å². The van der Waals surface area contributed by atoms with Crippen LogP contribution < -0.4 is 9.64 Å². The zero-order valence-electron chi connectivity index (χ0n) is 21.4. The molecule has 1 aliphatic rings. The number of thioether (sulfide) groups is 1. The van der Waals surface area contributed by atoms with Gasteiger partial charge in [-0.2, -0.15) is 0 Å². The average Bonchev–Trinajstić information content (AvgIpc) is 3.63. The minimum atomic E-state index is -1.06. The van der Waals surface area contributed by atoms with Gasteiger partial charge in [0.1, 0.15) is 5.76 Å². The Balaban J connectivity index is 1.52. The fourth-order valence-electron chi connectivity index (χ4n) is 4.20. The van der Waals surface area contributed by atoms with Gasteiger partial charge >= 0.3 is 0 Å². The molecule has 0 saturated carbocycles. The van der Waals surface area contributed by atoms with Crippen LogP contribution in [-0.2, 0) is 10.5 Å². The van der Waals surface area contributed by atoms with Crippen LogP contribution in [0.2, 0.25) is 0 Å². The molecule has 4 aromatic rings. The number of anilines is 1. The van der Waals surface area contributed by atoms with Crippen LogP contribution in [0, 0.1) is 13.8 Å². The van der Waals surface area contributed by atoms with E-state index in [0.29, 0.717) is 28.0 Å². The molecule has 2 aromatic heterocycles. The lowest BCUT2D eigenvalue weighted by molar-refractivity contribution is -0.117. The Morgan fingerprint density at radius 3 is 2.56 bits per heavy atom. The molecule has 0 saturated heterocycles. The Bertz CT molecular complexity index is 1570. The number of aliphatic hydroxyl groups excluding tert-OH is 1. The SMILES string of the molecule is CCOc1cc(C2C(C(=O)c3ccc(C)o3)=C(O)C(=O)N2c2nnc(SCc3ccc(C)cc3)s2)ccc1O. The first kappa shape index (κ1) is 26.5. The molecule has 1 unspecified atom stereocenters. The number of hydrogen-bond donors (Lipinski definition) is 2. The maximum absolute atomic E-state index is 13.5. The number of aromatic nitrogens is 2. The number of ether oxygens (including phenoxy) is 1. The van der Waals surface area contributed by atoms with Gasteiger partial charge in [-0.15, -0.1) is 10.2 Å². The number of phenols is 1. The molecule has 0 aliphatic carbocycles. The lowest BCUT2D eigenvalue weighted by Gasteiger charge is -2.24. The van der Waals surface area contributed by atoms with E-state index in [1.165, 1.54) is 51.8 Å². The number of aromatic hydroxyl groups is 1. The zero-order chi connectivity index (χ0) is 27.7. The van der Waals surface area contributed by atoms with Crippen molar-refractivity contribution in [2.45, 2.75) is 36.9 Å². The molecule has 1 aliphatic heterocycles. The number of amides is 1. The van der Waals surface area contributed by atoms with Crippen LogP contribution >= 0.6 is 23.1 Å². The summed E-state index contributed by atoms with van der Waals surface area (Å²) in [6.07, 6.45) is 0. The number of rotatable bonds is 9. The molecule has 1 amide bonds. The number of hydrogen-bond acceptors (Lipinski definition) is 10. The summed E-state index contributed by atoms with van der Waals surface area (Å²) in [6, 6.07) is 14.8. The number of Topliss-reactive ketones (excluding diaryl/α,β-unsaturated/α-hetero) is 1. The van der Waals surface area contributed by atoms with Crippen LogP contribution in [-0.4, -0.2) is 38.7 Å². The van der Waals surface area contributed by atoms with Crippen molar-refractivity contribution in [3.63, 3.8) is 0 Å². The summed E-state index contributed by atoms with van der Waals surface area (Å²) < 4.78 is 11.7. The van der Waals surface area contributed by atoms with Gasteiger partial charge in [-0.05, 0) is 56.2 Å². The van der Waals surface area contributed by atoms with Gasteiger partial charge in [0.05, 0.1) is 18.2 Å². The van der Waals surface area contributed by atoms with Gasteiger partial charge in [0.25, 0.3) is 5.91 Å². The molecule has 5 rings (SSSR count). The largest absolute Gasteiger partial charge is 0.504 e. The van der Waals surface area contributed by atoms with Crippen molar-refractivity contribution in [3.8, 4) is 11.5 Å². The van der Waals surface area contributed by atoms with Crippen molar-refractivity contribution < 1.29 is 29.0 Å². The second kappa shape index (κ2) is 11.0. The van der Waals surface area contributed by atoms with E-state index in [4.69, 9.17) is 9.15 Å². The van der Waals surface area contributed by atoms with Crippen molar-refractivity contribution in [3.05, 3.63) is 94.1 Å². The number of ketones is 1. The van der Waals surface area contributed by atoms with Crippen molar-refractivity contribution in [1.29, 1.82) is 0 Å². The first-order chi connectivity index (χ1) is 18.8. The molecular weight excluding hydrogens is 538 g/mol. The van der Waals surface area contributed by atoms with Crippen LogP contribution in [0.4, 0.5) is 5.13 Å². The first-order valence-corrected chi connectivity index (χ1v) is 13.9. The van der Waals surface area contributed by atoms with E-state index < -0.39 is 23.5 Å². The summed E-state index contributed by atoms with van der Waals surface area (Å²) in [4.78, 5) is 28.2. The molecular formula is C28H25N3O6S2. The van der Waals surface area contributed by atoms with Crippen LogP contribution in [0.15, 0.2) is 74.7 Å². The standard InChI is InChI=1S/C28H25N3O6S2/c1-4-36-21-13-18(10-11-19(21)32)23-22(24(33)20-12-7-16(3)37-20)25(34)26(35)31(23)27-29-30-28(39-27)38-14-17-8-5-15(2)6-9-17/h5-13,23,32,34H,4,14H2,1-3H3. The Morgan fingerprint density at radius 2 is 1.87 bits per heavy atom. The highest BCUT2D eigenvalue weighted by Gasteiger charge is 2.47. The molecule has 0 radical (unpaired) electrons. The van der Waals surface area contributed by atoms with E-state index in [-0.39, 0.29) is 28.0 Å². The summed E-state index contributed by atoms with van der Waals surface area (Å²) in [7, 11) is 0. The molecule has 2 N–H and O–H groups in total. The second-order valence-corrected chi connectivity index (χ2v) is 11.0. The van der Waals surface area contributed by atoms with Gasteiger partial charge in [-0.1, -0.05) is 59.0 Å². The minimum absolute atomic E-state index is 0.0101. The van der Waals surface area contributed by atoms with E-state index in [1.807, 2.05) is 31.2 Å². The number of furan rings is 1. The summed E-state index contributed by atoms with van der Waals surface area (Å²) in [5, 5.41) is 29.9. The van der Waals surface area contributed by atoms with E-state index in [2.05, 4.69) is 10.2 Å². The predicted molar refractivity (Wildman–Crippen MR) is 148 cm³/mol. The second-order valence-electron chi connectivity index (χ2n) is 8.86. The molecule has 39 heavy (non-hydrogen) atoms. The molecule has 2 aromatic carbocycles. The summed E-state index contributed by atoms with van der Waals surface area (Å²) in [5.41, 5.74) is 2.56. The fourth-order valence-corrected chi connectivity index (χ4v) is 6.02. The monoisotopic (exact) mass is 563 g/mol. The lowest BCUT2D eigenvalue weighted by atomic mass is 9.95. The summed E-state index contributed by atoms with van der Waals surface area (Å²) >= 11 is 2.65. The number of benzene rings is 2. The molecule has 0 spiro atoms. The Labute approximate surface area is 232 Å². The summed E-state index contributed by atoms with van der Waals surface area (Å²) in [6.45, 7) is 5.79. The van der Waals surface area contributed by atoms with Crippen molar-refractivity contribution >= 4 is 39.9 Å². The quantitative estimate of drug-likeness (QED) is 0.145. The Kier molecular flexibility index (Phi) is 7.45. The maximum Gasteiger partial charge on any atom is 0.296 e. The summed E-state index contributed by atoms with van der Waals surface area (Å²) in [5.74, 6) is -0.870. The van der Waals surface area contributed by atoms with Crippen LogP contribution in [0.5, 0.6) is 11.5 Å². The Hall–Kier alpha value is -4.09. The molecule has 0 bridgehead atoms. The third-order valence-corrected chi connectivity index (χ3v) is 8.23. The van der Waals surface area contributed by atoms with Crippen molar-refractivity contribution in [1.82, 2.24) is 10.2 Å². The highest BCUT2D eigenvalue weighted by Crippen LogP contribution is 2.45. The molecule has 11 heteroatoms. The first-order valence-electron chi connectivity index (χ1n) is 12.1. The number of nitrogens with zero attached hydrogens (tertiary/aromatic N) is 3. The van der Waals surface area contributed by atoms with Gasteiger partial charge in [0.2, 0.25) is 10.9 Å². The molecule has 200 valence electrons. The third-order valence-electron chi connectivity index (χ3n) is 6.10. The van der Waals surface area contributed by atoms with Crippen molar-refractivity contribution in [2.75, 3.05) is 11.5 Å². The lowest BCUT2D eigenvalue weighted by Crippen LogP contribution is -2.31. The highest BCUT2D eigenvalue weighted by atomic mass is 32.2. The minimum Gasteiger partial charge on any atom is -0.504 e. The molecule has 0 fully saturated rings. The molecule has 9 nitrogen and oxygen atoms in total. The molecule has 3 heterocycles. The van der Waals surface area contributed by atoms with E-state index in [1.54, 1.807) is 26.0 Å².